The summed E-state index contributed by atoms with van der Waals surface area (Å²) in [5.41, 5.74) is 2.75. The largest absolute Gasteiger partial charge is 0.314 e. The van der Waals surface area contributed by atoms with Gasteiger partial charge in [0.05, 0.1) is 0 Å². The highest BCUT2D eigenvalue weighted by atomic mass is 15.1. The van der Waals surface area contributed by atoms with Crippen molar-refractivity contribution in [1.29, 1.82) is 0 Å². The Kier molecular flexibility index (Phi) is 4.57. The zero-order valence-corrected chi connectivity index (χ0v) is 11.1. The molecule has 2 nitrogen and oxygen atoms in total. The molecule has 1 saturated carbocycles. The number of rotatable bonds is 7. The molecule has 1 aliphatic carbocycles. The average molecular weight is 232 g/mol. The van der Waals surface area contributed by atoms with Crippen molar-refractivity contribution in [2.75, 3.05) is 20.1 Å². The molecular formula is C15H24N2. The number of nitrogens with zero attached hydrogens (tertiary/aromatic N) is 1. The monoisotopic (exact) mass is 232 g/mol. The summed E-state index contributed by atoms with van der Waals surface area (Å²) in [6.07, 6.45) is 4.03. The molecule has 2 rings (SSSR count). The third-order valence-corrected chi connectivity index (χ3v) is 3.30. The van der Waals surface area contributed by atoms with Crippen LogP contribution in [0.4, 0.5) is 0 Å². The van der Waals surface area contributed by atoms with Crippen molar-refractivity contribution in [1.82, 2.24) is 10.2 Å². The van der Waals surface area contributed by atoms with Gasteiger partial charge in [0, 0.05) is 12.6 Å². The van der Waals surface area contributed by atoms with Crippen molar-refractivity contribution < 1.29 is 0 Å². The van der Waals surface area contributed by atoms with Crippen LogP contribution in [-0.2, 0) is 6.54 Å². The Morgan fingerprint density at radius 3 is 2.59 bits per heavy atom. The lowest BCUT2D eigenvalue weighted by molar-refractivity contribution is 0.319. The van der Waals surface area contributed by atoms with Crippen molar-refractivity contribution in [2.24, 2.45) is 0 Å². The second-order valence-electron chi connectivity index (χ2n) is 5.31. The Bertz CT molecular complexity index is 327. The molecule has 0 amide bonds. The lowest BCUT2D eigenvalue weighted by Crippen LogP contribution is -2.24. The van der Waals surface area contributed by atoms with E-state index in [9.17, 15) is 0 Å². The second kappa shape index (κ2) is 6.18. The Labute approximate surface area is 105 Å². The molecule has 0 bridgehead atoms. The first-order valence-electron chi connectivity index (χ1n) is 6.71. The third kappa shape index (κ3) is 4.88. The molecule has 0 spiro atoms. The SMILES string of the molecule is Cc1ccc(CN(C)CCCNC2CC2)cc1. The molecule has 94 valence electrons. The first-order valence-corrected chi connectivity index (χ1v) is 6.71. The summed E-state index contributed by atoms with van der Waals surface area (Å²) in [6, 6.07) is 9.69. The Balaban J connectivity index is 1.61. The zero-order chi connectivity index (χ0) is 12.1. The molecule has 0 atom stereocenters. The van der Waals surface area contributed by atoms with E-state index < -0.39 is 0 Å². The maximum atomic E-state index is 3.56. The summed E-state index contributed by atoms with van der Waals surface area (Å²) in [5, 5.41) is 3.56. The third-order valence-electron chi connectivity index (χ3n) is 3.30. The Hall–Kier alpha value is -0.860. The van der Waals surface area contributed by atoms with Gasteiger partial charge in [0.15, 0.2) is 0 Å². The van der Waals surface area contributed by atoms with Crippen molar-refractivity contribution in [3.05, 3.63) is 35.4 Å². The van der Waals surface area contributed by atoms with Crippen LogP contribution in [-0.4, -0.2) is 31.1 Å². The minimum Gasteiger partial charge on any atom is -0.314 e. The smallest absolute Gasteiger partial charge is 0.0230 e. The van der Waals surface area contributed by atoms with Gasteiger partial charge in [-0.3, -0.25) is 0 Å². The molecule has 1 N–H and O–H groups in total. The highest BCUT2D eigenvalue weighted by Crippen LogP contribution is 2.18. The fourth-order valence-corrected chi connectivity index (χ4v) is 2.03. The summed E-state index contributed by atoms with van der Waals surface area (Å²) < 4.78 is 0. The summed E-state index contributed by atoms with van der Waals surface area (Å²) in [7, 11) is 2.21. The average Bonchev–Trinajstić information content (AvgIpc) is 3.12. The standard InChI is InChI=1S/C15H24N2/c1-13-4-6-14(7-5-13)12-17(2)11-3-10-16-15-8-9-15/h4-7,15-16H,3,8-12H2,1-2H3. The van der Waals surface area contributed by atoms with Crippen molar-refractivity contribution in [3.63, 3.8) is 0 Å². The van der Waals surface area contributed by atoms with Gasteiger partial charge in [-0.25, -0.2) is 0 Å². The van der Waals surface area contributed by atoms with Crippen LogP contribution in [0.5, 0.6) is 0 Å². The molecule has 0 saturated heterocycles. The predicted octanol–water partition coefficient (Wildman–Crippen LogP) is 2.57. The lowest BCUT2D eigenvalue weighted by atomic mass is 10.1. The number of hydrogen-bond acceptors (Lipinski definition) is 2. The zero-order valence-electron chi connectivity index (χ0n) is 11.1. The van der Waals surface area contributed by atoms with E-state index >= 15 is 0 Å². The molecule has 0 aromatic heterocycles. The highest BCUT2D eigenvalue weighted by molar-refractivity contribution is 5.21. The predicted molar refractivity (Wildman–Crippen MR) is 73.2 cm³/mol. The van der Waals surface area contributed by atoms with E-state index in [0.29, 0.717) is 0 Å². The molecule has 17 heavy (non-hydrogen) atoms. The first-order chi connectivity index (χ1) is 8.24. The lowest BCUT2D eigenvalue weighted by Gasteiger charge is -2.16. The molecule has 0 heterocycles. The number of aryl methyl sites for hydroxylation is 1. The molecular weight excluding hydrogens is 208 g/mol. The van der Waals surface area contributed by atoms with Gasteiger partial charge in [0.2, 0.25) is 0 Å². The van der Waals surface area contributed by atoms with Gasteiger partial charge in [0.1, 0.15) is 0 Å². The fourth-order valence-electron chi connectivity index (χ4n) is 2.03. The molecule has 0 radical (unpaired) electrons. The highest BCUT2D eigenvalue weighted by Gasteiger charge is 2.19. The van der Waals surface area contributed by atoms with Gasteiger partial charge in [0.25, 0.3) is 0 Å². The van der Waals surface area contributed by atoms with Gasteiger partial charge >= 0.3 is 0 Å². The summed E-state index contributed by atoms with van der Waals surface area (Å²) >= 11 is 0. The topological polar surface area (TPSA) is 15.3 Å². The van der Waals surface area contributed by atoms with Crippen LogP contribution in [0, 0.1) is 6.92 Å². The van der Waals surface area contributed by atoms with Crippen molar-refractivity contribution in [2.45, 2.75) is 38.8 Å². The van der Waals surface area contributed by atoms with Crippen LogP contribution in [0.2, 0.25) is 0 Å². The molecule has 0 aliphatic heterocycles. The molecule has 1 fully saturated rings. The molecule has 0 unspecified atom stereocenters. The van der Waals surface area contributed by atoms with Crippen LogP contribution in [0.1, 0.15) is 30.4 Å². The van der Waals surface area contributed by atoms with Gasteiger partial charge in [-0.1, -0.05) is 29.8 Å². The quantitative estimate of drug-likeness (QED) is 0.727. The van der Waals surface area contributed by atoms with Crippen molar-refractivity contribution >= 4 is 0 Å². The number of nitrogens with one attached hydrogen (secondary N) is 1. The minimum absolute atomic E-state index is 0.845. The minimum atomic E-state index is 0.845. The number of benzene rings is 1. The van der Waals surface area contributed by atoms with E-state index in [2.05, 4.69) is 48.5 Å². The van der Waals surface area contributed by atoms with Gasteiger partial charge in [-0.2, -0.15) is 0 Å². The van der Waals surface area contributed by atoms with Crippen LogP contribution in [0.25, 0.3) is 0 Å². The summed E-state index contributed by atoms with van der Waals surface area (Å²) in [4.78, 5) is 2.40. The van der Waals surface area contributed by atoms with Crippen molar-refractivity contribution in [3.8, 4) is 0 Å². The van der Waals surface area contributed by atoms with E-state index in [1.54, 1.807) is 0 Å². The fraction of sp³-hybridized carbons (Fsp3) is 0.600. The summed E-state index contributed by atoms with van der Waals surface area (Å²) in [6.45, 7) is 5.54. The van der Waals surface area contributed by atoms with Crippen LogP contribution in [0.3, 0.4) is 0 Å². The molecule has 2 heteroatoms. The molecule has 1 aromatic rings. The maximum Gasteiger partial charge on any atom is 0.0230 e. The summed E-state index contributed by atoms with van der Waals surface area (Å²) in [5.74, 6) is 0. The van der Waals surface area contributed by atoms with E-state index in [0.717, 1.165) is 12.6 Å². The van der Waals surface area contributed by atoms with E-state index in [1.807, 2.05) is 0 Å². The van der Waals surface area contributed by atoms with Gasteiger partial charge in [-0.15, -0.1) is 0 Å². The van der Waals surface area contributed by atoms with E-state index in [1.165, 1.54) is 43.5 Å². The number of hydrogen-bond donors (Lipinski definition) is 1. The Morgan fingerprint density at radius 2 is 1.94 bits per heavy atom. The molecule has 1 aliphatic rings. The van der Waals surface area contributed by atoms with E-state index in [4.69, 9.17) is 0 Å². The maximum absolute atomic E-state index is 3.56. The Morgan fingerprint density at radius 1 is 1.24 bits per heavy atom. The molecule has 1 aromatic carbocycles. The second-order valence-corrected chi connectivity index (χ2v) is 5.31. The normalized spacial score (nSPS) is 15.5. The van der Waals surface area contributed by atoms with Gasteiger partial charge in [-0.05, 0) is 51.9 Å². The first kappa shape index (κ1) is 12.6. The van der Waals surface area contributed by atoms with Gasteiger partial charge < -0.3 is 10.2 Å². The van der Waals surface area contributed by atoms with Crippen LogP contribution < -0.4 is 5.32 Å². The van der Waals surface area contributed by atoms with Crippen LogP contribution >= 0.6 is 0 Å². The van der Waals surface area contributed by atoms with E-state index in [-0.39, 0.29) is 0 Å². The van der Waals surface area contributed by atoms with Crippen LogP contribution in [0.15, 0.2) is 24.3 Å².